The smallest absolute Gasteiger partial charge is 0.319 e. The number of carbonyl (C=O) groups is 2. The van der Waals surface area contributed by atoms with Crippen LogP contribution >= 0.6 is 0 Å². The molecule has 4 aliphatic rings. The predicted octanol–water partition coefficient (Wildman–Crippen LogP) is 8.17. The van der Waals surface area contributed by atoms with Crippen LogP contribution in [0.2, 0.25) is 0 Å². The van der Waals surface area contributed by atoms with Gasteiger partial charge in [0.1, 0.15) is 53.1 Å². The third-order valence-electron chi connectivity index (χ3n) is 17.0. The van der Waals surface area contributed by atoms with Gasteiger partial charge in [0.25, 0.3) is 0 Å². The molecule has 2 amide bonds. The van der Waals surface area contributed by atoms with E-state index in [4.69, 9.17) is 34.1 Å². The number of aromatic nitrogens is 6. The Labute approximate surface area is 490 Å². The fourth-order valence-corrected chi connectivity index (χ4v) is 12.6. The second-order valence-corrected chi connectivity index (χ2v) is 22.2. The molecule has 11 rings (SSSR count). The Balaban J connectivity index is 0.894. The minimum Gasteiger partial charge on any atom is -0.462 e. The van der Waals surface area contributed by atoms with Crippen molar-refractivity contribution in [2.75, 3.05) is 103 Å². The number of pyridine rings is 2. The molecule has 4 aromatic heterocycles. The number of aryl methyl sites for hydroxylation is 1. The van der Waals surface area contributed by atoms with Crippen molar-refractivity contribution in [2.24, 2.45) is 0 Å². The van der Waals surface area contributed by atoms with E-state index in [0.717, 1.165) is 41.3 Å². The number of likely N-dealkylation sites (N-methyl/N-ethyl adjacent to an activating group) is 2. The zero-order chi connectivity index (χ0) is 59.5. The number of ether oxygens (including phenoxy) is 3. The van der Waals surface area contributed by atoms with Crippen molar-refractivity contribution in [3.05, 3.63) is 120 Å². The fourth-order valence-electron chi connectivity index (χ4n) is 12.6. The predicted molar refractivity (Wildman–Crippen MR) is 315 cm³/mol. The number of fused-ring (bicyclic) bond motifs is 3. The van der Waals surface area contributed by atoms with Crippen molar-refractivity contribution >= 4 is 56.0 Å². The Hall–Kier alpha value is -8.83. The molecule has 22 heteroatoms. The van der Waals surface area contributed by atoms with Crippen molar-refractivity contribution in [3.63, 3.8) is 0 Å². The Morgan fingerprint density at radius 3 is 1.88 bits per heavy atom. The van der Waals surface area contributed by atoms with E-state index < -0.39 is 29.5 Å². The van der Waals surface area contributed by atoms with E-state index in [1.807, 2.05) is 55.1 Å². The van der Waals surface area contributed by atoms with Crippen LogP contribution in [0.4, 0.5) is 24.8 Å². The van der Waals surface area contributed by atoms with E-state index in [1.54, 1.807) is 35.2 Å². The molecule has 7 aromatic rings. The molecule has 4 saturated heterocycles. The summed E-state index contributed by atoms with van der Waals surface area (Å²) in [5.74, 6) is -2.00. The number of methoxy groups -OCH3 is 1. The summed E-state index contributed by atoms with van der Waals surface area (Å²) in [5, 5.41) is 22.0. The molecule has 0 saturated carbocycles. The van der Waals surface area contributed by atoms with Gasteiger partial charge in [-0.2, -0.15) is 30.5 Å². The molecule has 438 valence electrons. The van der Waals surface area contributed by atoms with Gasteiger partial charge in [0.15, 0.2) is 11.6 Å². The van der Waals surface area contributed by atoms with Crippen molar-refractivity contribution in [1.29, 1.82) is 10.5 Å². The van der Waals surface area contributed by atoms with E-state index in [1.165, 1.54) is 36.5 Å². The number of nitrogens with zero attached hydrogens (tertiary/aromatic N) is 14. The van der Waals surface area contributed by atoms with Crippen LogP contribution in [0.1, 0.15) is 49.1 Å². The summed E-state index contributed by atoms with van der Waals surface area (Å²) in [6.45, 7) is 9.54. The molecule has 2 unspecified atom stereocenters. The second-order valence-electron chi connectivity index (χ2n) is 22.2. The lowest BCUT2D eigenvalue weighted by Crippen LogP contribution is -2.55. The lowest BCUT2D eigenvalue weighted by molar-refractivity contribution is -0.129. The van der Waals surface area contributed by atoms with Gasteiger partial charge in [-0.3, -0.25) is 24.5 Å². The highest BCUT2D eigenvalue weighted by molar-refractivity contribution is 6.02. The Kier molecular flexibility index (Phi) is 17.2. The summed E-state index contributed by atoms with van der Waals surface area (Å²) in [7, 11) is 5.60. The molecule has 0 N–H and O–H groups in total. The molecule has 8 heterocycles. The van der Waals surface area contributed by atoms with Gasteiger partial charge < -0.3 is 38.7 Å². The van der Waals surface area contributed by atoms with E-state index in [-0.39, 0.29) is 121 Å². The first-order valence-electron chi connectivity index (χ1n) is 28.6. The Bertz CT molecular complexity index is 3840. The minimum atomic E-state index is -0.856. The molecule has 0 radical (unpaired) electrons. The lowest BCUT2D eigenvalue weighted by Gasteiger charge is -2.41. The Morgan fingerprint density at radius 1 is 0.694 bits per heavy atom. The summed E-state index contributed by atoms with van der Waals surface area (Å²) >= 11 is 0. The summed E-state index contributed by atoms with van der Waals surface area (Å²) in [6.07, 6.45) is 10.1. The maximum atomic E-state index is 17.8. The first kappa shape index (κ1) is 58.0. The second kappa shape index (κ2) is 25.2. The molecule has 0 aliphatic carbocycles. The molecule has 85 heavy (non-hydrogen) atoms. The summed E-state index contributed by atoms with van der Waals surface area (Å²) in [5.41, 5.74) is 2.30. The lowest BCUT2D eigenvalue weighted by atomic mass is 9.87. The first-order valence-corrected chi connectivity index (χ1v) is 28.6. The van der Waals surface area contributed by atoms with Gasteiger partial charge in [0.2, 0.25) is 11.8 Å². The monoisotopic (exact) mass is 1150 g/mol. The van der Waals surface area contributed by atoms with Crippen LogP contribution in [-0.2, 0) is 14.3 Å². The van der Waals surface area contributed by atoms with Gasteiger partial charge in [0.05, 0.1) is 54.4 Å². The number of halogens is 3. The third-order valence-corrected chi connectivity index (χ3v) is 17.0. The van der Waals surface area contributed by atoms with Crippen LogP contribution in [0.3, 0.4) is 0 Å². The molecule has 3 aromatic carbocycles. The van der Waals surface area contributed by atoms with Gasteiger partial charge in [-0.05, 0) is 92.9 Å². The maximum absolute atomic E-state index is 17.8. The molecule has 19 nitrogen and oxygen atoms in total. The normalized spacial score (nSPS) is 20.4. The highest BCUT2D eigenvalue weighted by atomic mass is 19.1. The minimum absolute atomic E-state index is 0.00570. The summed E-state index contributed by atoms with van der Waals surface area (Å²) < 4.78 is 67.6. The van der Waals surface area contributed by atoms with Crippen LogP contribution < -0.4 is 19.3 Å². The maximum Gasteiger partial charge on any atom is 0.319 e. The molecule has 4 aliphatic heterocycles. The quantitative estimate of drug-likeness (QED) is 0.0788. The van der Waals surface area contributed by atoms with Gasteiger partial charge in [0, 0.05) is 94.6 Å². The number of amides is 2. The first-order chi connectivity index (χ1) is 41.3. The fraction of sp³-hybridized carbons (Fsp3) is 0.397. The molecular weight excluding hydrogens is 1090 g/mol. The number of hydrogen-bond acceptors (Lipinski definition) is 17. The number of rotatable bonds is 17. The van der Waals surface area contributed by atoms with Gasteiger partial charge >= 0.3 is 12.0 Å². The number of carbonyl (C=O) groups excluding carboxylic acids is 2. The molecule has 0 spiro atoms. The van der Waals surface area contributed by atoms with Crippen LogP contribution in [0.5, 0.6) is 12.0 Å². The van der Waals surface area contributed by atoms with Crippen LogP contribution in [0, 0.1) is 47.0 Å². The third kappa shape index (κ3) is 11.6. The van der Waals surface area contributed by atoms with Crippen molar-refractivity contribution in [2.45, 2.75) is 69.1 Å². The highest BCUT2D eigenvalue weighted by Gasteiger charge is 2.37. The van der Waals surface area contributed by atoms with Crippen molar-refractivity contribution in [1.82, 2.24) is 49.5 Å². The van der Waals surface area contributed by atoms with E-state index in [0.29, 0.717) is 61.8 Å². The van der Waals surface area contributed by atoms with Gasteiger partial charge in [-0.25, -0.2) is 13.2 Å². The standard InChI is InChI=1S/C63H65F3N14O5/c1-6-51(81)79-27-25-77(34-40(79)20-22-67)60-48-31-69-56(46-13-7-8-16-50(46)64)54(65)58(48)71-63(74-60)85-37-43-30-39(33-76(43)4)44-19-18-38(2)53-45(44)14-9-15-47(53)57-55(66)59-49(32-70-57)61(73-62(72-59)84-36-42-12-10-24-75(42)3)78-26-28-80(41(35-78)21-23-68)52(82)17-11-29-83-5/h6-9,11,13-19,31-32,39-43H,1,10,12,20-21,24-30,33-37H2,2-5H3/b17-11+/t39?,40-,41-,42?,43-/m0/s1. The molecule has 5 atom stereocenters. The average Bonchev–Trinajstić information content (AvgIpc) is 1.90. The van der Waals surface area contributed by atoms with E-state index in [9.17, 15) is 20.1 Å². The van der Waals surface area contributed by atoms with E-state index in [2.05, 4.69) is 44.6 Å². The van der Waals surface area contributed by atoms with Crippen LogP contribution in [0.15, 0.2) is 91.8 Å². The Morgan fingerprint density at radius 2 is 1.29 bits per heavy atom. The zero-order valence-electron chi connectivity index (χ0n) is 47.9. The van der Waals surface area contributed by atoms with Gasteiger partial charge in [-0.1, -0.05) is 55.1 Å². The molecule has 0 bridgehead atoms. The van der Waals surface area contributed by atoms with Crippen LogP contribution in [0.25, 0.3) is 55.1 Å². The topological polar surface area (TPSA) is 206 Å². The van der Waals surface area contributed by atoms with Crippen molar-refractivity contribution < 1.29 is 37.0 Å². The van der Waals surface area contributed by atoms with E-state index >= 15 is 13.2 Å². The average molecular weight is 1160 g/mol. The van der Waals surface area contributed by atoms with Gasteiger partial charge in [-0.15, -0.1) is 0 Å². The number of benzene rings is 3. The van der Waals surface area contributed by atoms with Crippen LogP contribution in [-0.4, -0.2) is 179 Å². The number of anilines is 2. The number of piperazine rings is 2. The largest absolute Gasteiger partial charge is 0.462 e. The molecular formula is C63H65F3N14O5. The summed E-state index contributed by atoms with van der Waals surface area (Å²) in [4.78, 5) is 66.0. The summed E-state index contributed by atoms with van der Waals surface area (Å²) in [6, 6.07) is 19.1. The number of likely N-dealkylation sites (tertiary alicyclic amines) is 2. The molecule has 4 fully saturated rings. The number of nitriles is 2. The number of hydrogen-bond donors (Lipinski definition) is 0. The SMILES string of the molecule is C=CC(=O)N1CCN(c2nc(OC[C@@H]3CC(c4ccc(C)c5c(-c6ncc7c(N8CCN(C(=O)/C=C/COC)[C@@H](CC#N)C8)nc(OCC8CCCN8C)nc7c6F)cccc45)CN3C)nc3c(F)c(-c4ccccc4F)ncc23)C[C@@H]1CC#N. The zero-order valence-corrected chi connectivity index (χ0v) is 47.9. The highest BCUT2D eigenvalue weighted by Crippen LogP contribution is 2.42. The van der Waals surface area contributed by atoms with Crippen molar-refractivity contribution in [3.8, 4) is 46.7 Å².